The van der Waals surface area contributed by atoms with Gasteiger partial charge in [0.2, 0.25) is 0 Å². The van der Waals surface area contributed by atoms with Crippen LogP contribution in [-0.4, -0.2) is 22.4 Å². The summed E-state index contributed by atoms with van der Waals surface area (Å²) in [5.41, 5.74) is 0. The highest BCUT2D eigenvalue weighted by molar-refractivity contribution is 4.61. The lowest BCUT2D eigenvalue weighted by Crippen LogP contribution is -2.17. The molecule has 0 aliphatic carbocycles. The van der Waals surface area contributed by atoms with E-state index in [-0.39, 0.29) is 18.1 Å². The quantitative estimate of drug-likeness (QED) is 0.595. The second-order valence-corrected chi connectivity index (χ2v) is 2.80. The second-order valence-electron chi connectivity index (χ2n) is 2.80. The molecule has 9 heavy (non-hydrogen) atoms. The van der Waals surface area contributed by atoms with E-state index < -0.39 is 0 Å². The van der Waals surface area contributed by atoms with Crippen LogP contribution in [0.5, 0.6) is 0 Å². The average molecular weight is 132 g/mol. The van der Waals surface area contributed by atoms with Gasteiger partial charge >= 0.3 is 0 Å². The Morgan fingerprint density at radius 1 is 1.11 bits per heavy atom. The Morgan fingerprint density at radius 2 is 1.56 bits per heavy atom. The largest absolute Gasteiger partial charge is 0.393 e. The molecule has 0 aliphatic heterocycles. The van der Waals surface area contributed by atoms with E-state index in [1.807, 2.05) is 6.92 Å². The molecule has 0 rings (SSSR count). The summed E-state index contributed by atoms with van der Waals surface area (Å²) in [6, 6.07) is 0. The van der Waals surface area contributed by atoms with Crippen molar-refractivity contribution in [2.75, 3.05) is 0 Å². The van der Waals surface area contributed by atoms with Crippen molar-refractivity contribution >= 4 is 0 Å². The molecule has 0 fully saturated rings. The van der Waals surface area contributed by atoms with Gasteiger partial charge in [-0.15, -0.1) is 0 Å². The maximum absolute atomic E-state index is 8.96. The number of rotatable bonds is 3. The van der Waals surface area contributed by atoms with E-state index in [2.05, 4.69) is 0 Å². The molecular formula is C7H16O2. The Bertz CT molecular complexity index is 69.3. The van der Waals surface area contributed by atoms with Gasteiger partial charge in [0.25, 0.3) is 0 Å². The van der Waals surface area contributed by atoms with E-state index in [4.69, 9.17) is 10.2 Å². The van der Waals surface area contributed by atoms with Crippen molar-refractivity contribution in [2.24, 2.45) is 5.92 Å². The smallest absolute Gasteiger partial charge is 0.0538 e. The zero-order chi connectivity index (χ0) is 7.44. The Kier molecular flexibility index (Phi) is 3.82. The van der Waals surface area contributed by atoms with Gasteiger partial charge in [-0.3, -0.25) is 0 Å². The molecule has 56 valence electrons. The van der Waals surface area contributed by atoms with Crippen LogP contribution in [-0.2, 0) is 0 Å². The van der Waals surface area contributed by atoms with Crippen molar-refractivity contribution in [3.05, 3.63) is 0 Å². The minimum absolute atomic E-state index is 0.199. The summed E-state index contributed by atoms with van der Waals surface area (Å²) < 4.78 is 0. The highest BCUT2D eigenvalue weighted by Gasteiger charge is 2.10. The van der Waals surface area contributed by atoms with Gasteiger partial charge in [-0.1, -0.05) is 6.92 Å². The predicted molar refractivity (Wildman–Crippen MR) is 37.1 cm³/mol. The van der Waals surface area contributed by atoms with Crippen LogP contribution >= 0.6 is 0 Å². The van der Waals surface area contributed by atoms with Crippen LogP contribution in [0.25, 0.3) is 0 Å². The zero-order valence-electron chi connectivity index (χ0n) is 6.33. The molecule has 3 unspecified atom stereocenters. The normalized spacial score (nSPS) is 21.0. The van der Waals surface area contributed by atoms with Crippen molar-refractivity contribution in [1.82, 2.24) is 0 Å². The molecule has 3 atom stereocenters. The second kappa shape index (κ2) is 3.85. The Hall–Kier alpha value is -0.0800. The molecule has 0 saturated heterocycles. The summed E-state index contributed by atoms with van der Waals surface area (Å²) in [5.74, 6) is 0.199. The minimum Gasteiger partial charge on any atom is -0.393 e. The fourth-order valence-corrected chi connectivity index (χ4v) is 0.735. The minimum atomic E-state index is -0.306. The Morgan fingerprint density at radius 3 is 1.67 bits per heavy atom. The predicted octanol–water partition coefficient (Wildman–Crippen LogP) is 0.774. The first-order chi connectivity index (χ1) is 4.04. The van der Waals surface area contributed by atoms with Crippen molar-refractivity contribution in [1.29, 1.82) is 0 Å². The van der Waals surface area contributed by atoms with Gasteiger partial charge in [0.05, 0.1) is 12.2 Å². The summed E-state index contributed by atoms with van der Waals surface area (Å²) in [4.78, 5) is 0. The summed E-state index contributed by atoms with van der Waals surface area (Å²) in [6.07, 6.45) is 0.0756. The molecule has 0 aromatic heterocycles. The molecule has 2 heteroatoms. The molecule has 0 bridgehead atoms. The third kappa shape index (κ3) is 4.43. The lowest BCUT2D eigenvalue weighted by atomic mass is 10.00. The van der Waals surface area contributed by atoms with Crippen LogP contribution in [0.2, 0.25) is 0 Å². The van der Waals surface area contributed by atoms with Crippen molar-refractivity contribution in [2.45, 2.75) is 39.4 Å². The lowest BCUT2D eigenvalue weighted by molar-refractivity contribution is 0.0876. The van der Waals surface area contributed by atoms with E-state index in [1.165, 1.54) is 0 Å². The van der Waals surface area contributed by atoms with Gasteiger partial charge in [-0.25, -0.2) is 0 Å². The molecule has 0 amide bonds. The fourth-order valence-electron chi connectivity index (χ4n) is 0.735. The van der Waals surface area contributed by atoms with Crippen LogP contribution in [0, 0.1) is 5.92 Å². The van der Waals surface area contributed by atoms with Gasteiger partial charge in [0.15, 0.2) is 0 Å². The van der Waals surface area contributed by atoms with Crippen LogP contribution in [0.3, 0.4) is 0 Å². The van der Waals surface area contributed by atoms with Gasteiger partial charge in [-0.05, 0) is 26.2 Å². The fraction of sp³-hybridized carbons (Fsp3) is 1.00. The molecule has 0 radical (unpaired) electrons. The van der Waals surface area contributed by atoms with Crippen LogP contribution < -0.4 is 0 Å². The standard InChI is InChI=1S/C7H16O2/c1-5(7(3)9)4-6(2)8/h5-9H,4H2,1-3H3. The third-order valence-electron chi connectivity index (χ3n) is 1.54. The van der Waals surface area contributed by atoms with E-state index in [0.717, 1.165) is 0 Å². The molecule has 0 aromatic carbocycles. The maximum Gasteiger partial charge on any atom is 0.0538 e. The van der Waals surface area contributed by atoms with E-state index in [9.17, 15) is 0 Å². The Labute approximate surface area is 56.5 Å². The number of hydrogen-bond donors (Lipinski definition) is 2. The summed E-state index contributed by atoms with van der Waals surface area (Å²) in [6.45, 7) is 5.41. The van der Waals surface area contributed by atoms with Crippen molar-refractivity contribution in [3.8, 4) is 0 Å². The molecular weight excluding hydrogens is 116 g/mol. The number of aliphatic hydroxyl groups excluding tert-OH is 2. The first kappa shape index (κ1) is 8.92. The van der Waals surface area contributed by atoms with E-state index in [0.29, 0.717) is 6.42 Å². The van der Waals surface area contributed by atoms with Gasteiger partial charge in [0, 0.05) is 0 Å². The summed E-state index contributed by atoms with van der Waals surface area (Å²) in [5, 5.41) is 17.8. The zero-order valence-corrected chi connectivity index (χ0v) is 6.33. The topological polar surface area (TPSA) is 40.5 Å². The molecule has 2 N–H and O–H groups in total. The van der Waals surface area contributed by atoms with Gasteiger partial charge < -0.3 is 10.2 Å². The van der Waals surface area contributed by atoms with Gasteiger partial charge in [0.1, 0.15) is 0 Å². The highest BCUT2D eigenvalue weighted by atomic mass is 16.3. The highest BCUT2D eigenvalue weighted by Crippen LogP contribution is 2.09. The third-order valence-corrected chi connectivity index (χ3v) is 1.54. The number of aliphatic hydroxyl groups is 2. The van der Waals surface area contributed by atoms with Gasteiger partial charge in [-0.2, -0.15) is 0 Å². The lowest BCUT2D eigenvalue weighted by Gasteiger charge is -2.15. The first-order valence-electron chi connectivity index (χ1n) is 3.40. The van der Waals surface area contributed by atoms with Crippen LogP contribution in [0.15, 0.2) is 0 Å². The van der Waals surface area contributed by atoms with Crippen LogP contribution in [0.1, 0.15) is 27.2 Å². The molecule has 0 spiro atoms. The molecule has 2 nitrogen and oxygen atoms in total. The molecule has 0 aromatic rings. The van der Waals surface area contributed by atoms with E-state index >= 15 is 0 Å². The maximum atomic E-state index is 8.96. The number of hydrogen-bond acceptors (Lipinski definition) is 2. The molecule has 0 saturated carbocycles. The Balaban J connectivity index is 3.38. The van der Waals surface area contributed by atoms with Crippen molar-refractivity contribution in [3.63, 3.8) is 0 Å². The summed E-state index contributed by atoms with van der Waals surface area (Å²) >= 11 is 0. The molecule has 0 aliphatic rings. The van der Waals surface area contributed by atoms with E-state index in [1.54, 1.807) is 13.8 Å². The SMILES string of the molecule is CC(O)CC(C)C(C)O. The monoisotopic (exact) mass is 132 g/mol. The first-order valence-corrected chi connectivity index (χ1v) is 3.40. The van der Waals surface area contributed by atoms with Crippen LogP contribution in [0.4, 0.5) is 0 Å². The van der Waals surface area contributed by atoms with Crippen molar-refractivity contribution < 1.29 is 10.2 Å². The molecule has 0 heterocycles. The average Bonchev–Trinajstić information content (AvgIpc) is 1.63. The summed E-state index contributed by atoms with van der Waals surface area (Å²) in [7, 11) is 0.